The molecule has 0 amide bonds. The van der Waals surface area contributed by atoms with Crippen molar-refractivity contribution in [3.63, 3.8) is 0 Å². The molecule has 3 fully saturated rings. The molecule has 1 aromatic carbocycles. The third kappa shape index (κ3) is 3.64. The summed E-state index contributed by atoms with van der Waals surface area (Å²) in [5.74, 6) is 1.94. The summed E-state index contributed by atoms with van der Waals surface area (Å²) in [6, 6.07) is 9.46. The zero-order chi connectivity index (χ0) is 22.3. The molecule has 0 bridgehead atoms. The van der Waals surface area contributed by atoms with Gasteiger partial charge in [-0.1, -0.05) is 43.7 Å². The van der Waals surface area contributed by atoms with Crippen molar-refractivity contribution in [2.45, 2.75) is 77.4 Å². The van der Waals surface area contributed by atoms with Gasteiger partial charge in [-0.05, 0) is 86.7 Å². The summed E-state index contributed by atoms with van der Waals surface area (Å²) in [7, 11) is 1.70. The van der Waals surface area contributed by atoms with Crippen molar-refractivity contribution in [2.75, 3.05) is 13.9 Å². The average molecular weight is 439 g/mol. The Morgan fingerprint density at radius 1 is 1.03 bits per heavy atom. The minimum atomic E-state index is -0.160. The SMILES string of the molecule is COCO[C@H]1CC[C@@]2(C)C(=CC[C@H]3[C@@H]4CC[C@H](OC(=O)c5ccccc5)[C@@]4(C)CC[C@@H]32)C1. The highest BCUT2D eigenvalue weighted by Gasteiger charge is 2.59. The molecular weight excluding hydrogens is 400 g/mol. The van der Waals surface area contributed by atoms with Crippen molar-refractivity contribution in [3.8, 4) is 0 Å². The Bertz CT molecular complexity index is 863. The Morgan fingerprint density at radius 2 is 1.84 bits per heavy atom. The lowest BCUT2D eigenvalue weighted by Gasteiger charge is -2.57. The molecule has 4 aliphatic rings. The molecule has 0 radical (unpaired) electrons. The Morgan fingerprint density at radius 3 is 2.62 bits per heavy atom. The van der Waals surface area contributed by atoms with Crippen LogP contribution in [-0.4, -0.2) is 32.1 Å². The van der Waals surface area contributed by atoms with Crippen LogP contribution in [0.3, 0.4) is 0 Å². The van der Waals surface area contributed by atoms with Gasteiger partial charge in [0.25, 0.3) is 0 Å². The van der Waals surface area contributed by atoms with Gasteiger partial charge in [-0.25, -0.2) is 4.79 Å². The Hall–Kier alpha value is -1.65. The number of rotatable bonds is 5. The third-order valence-corrected chi connectivity index (χ3v) is 9.65. The molecule has 0 saturated heterocycles. The summed E-state index contributed by atoms with van der Waals surface area (Å²) >= 11 is 0. The van der Waals surface area contributed by atoms with Gasteiger partial charge in [-0.2, -0.15) is 0 Å². The lowest BCUT2D eigenvalue weighted by atomic mass is 9.48. The summed E-state index contributed by atoms with van der Waals surface area (Å²) in [5, 5.41) is 0. The van der Waals surface area contributed by atoms with E-state index in [1.165, 1.54) is 25.7 Å². The van der Waals surface area contributed by atoms with Crippen LogP contribution in [-0.2, 0) is 14.2 Å². The fourth-order valence-electron chi connectivity index (χ4n) is 7.85. The van der Waals surface area contributed by atoms with E-state index in [4.69, 9.17) is 14.2 Å². The maximum Gasteiger partial charge on any atom is 0.338 e. The van der Waals surface area contributed by atoms with E-state index in [0.717, 1.165) is 31.6 Å². The summed E-state index contributed by atoms with van der Waals surface area (Å²) in [6.07, 6.45) is 12.1. The highest BCUT2D eigenvalue weighted by Crippen LogP contribution is 2.65. The van der Waals surface area contributed by atoms with E-state index in [-0.39, 0.29) is 17.5 Å². The molecular formula is C28H38O4. The van der Waals surface area contributed by atoms with Crippen molar-refractivity contribution >= 4 is 5.97 Å². The molecule has 0 aliphatic heterocycles. The van der Waals surface area contributed by atoms with Gasteiger partial charge >= 0.3 is 5.97 Å². The number of fused-ring (bicyclic) bond motifs is 5. The van der Waals surface area contributed by atoms with Crippen LogP contribution in [0.15, 0.2) is 42.0 Å². The zero-order valence-corrected chi connectivity index (χ0v) is 19.8. The number of hydrogen-bond acceptors (Lipinski definition) is 4. The molecule has 174 valence electrons. The van der Waals surface area contributed by atoms with Crippen LogP contribution in [0.5, 0.6) is 0 Å². The molecule has 32 heavy (non-hydrogen) atoms. The maximum absolute atomic E-state index is 12.8. The first-order valence-electron chi connectivity index (χ1n) is 12.5. The maximum atomic E-state index is 12.8. The second-order valence-electron chi connectivity index (χ2n) is 11.1. The van der Waals surface area contributed by atoms with Gasteiger partial charge < -0.3 is 14.2 Å². The average Bonchev–Trinajstić information content (AvgIpc) is 3.14. The summed E-state index contributed by atoms with van der Waals surface area (Å²) in [5.41, 5.74) is 2.69. The fourth-order valence-corrected chi connectivity index (χ4v) is 7.85. The largest absolute Gasteiger partial charge is 0.458 e. The molecule has 4 heteroatoms. The van der Waals surface area contributed by atoms with Crippen LogP contribution in [0.4, 0.5) is 0 Å². The van der Waals surface area contributed by atoms with Gasteiger partial charge in [-0.15, -0.1) is 0 Å². The lowest BCUT2D eigenvalue weighted by molar-refractivity contribution is -0.102. The molecule has 0 aromatic heterocycles. The topological polar surface area (TPSA) is 44.8 Å². The quantitative estimate of drug-likeness (QED) is 0.314. The summed E-state index contributed by atoms with van der Waals surface area (Å²) in [4.78, 5) is 12.8. The molecule has 1 aromatic rings. The summed E-state index contributed by atoms with van der Waals surface area (Å²) < 4.78 is 17.2. The van der Waals surface area contributed by atoms with Crippen molar-refractivity contribution in [2.24, 2.45) is 28.6 Å². The van der Waals surface area contributed by atoms with Crippen molar-refractivity contribution < 1.29 is 19.0 Å². The predicted octanol–water partition coefficient (Wildman–Crippen LogP) is 6.16. The minimum Gasteiger partial charge on any atom is -0.458 e. The van der Waals surface area contributed by atoms with Crippen LogP contribution >= 0.6 is 0 Å². The van der Waals surface area contributed by atoms with Gasteiger partial charge in [0.2, 0.25) is 0 Å². The minimum absolute atomic E-state index is 0.0394. The first-order valence-corrected chi connectivity index (χ1v) is 12.5. The smallest absolute Gasteiger partial charge is 0.338 e. The second kappa shape index (κ2) is 8.61. The monoisotopic (exact) mass is 438 g/mol. The van der Waals surface area contributed by atoms with Crippen LogP contribution in [0.1, 0.15) is 75.6 Å². The number of esters is 1. The predicted molar refractivity (Wildman–Crippen MR) is 124 cm³/mol. The normalized spacial score (nSPS) is 40.6. The van der Waals surface area contributed by atoms with E-state index in [9.17, 15) is 4.79 Å². The standard InChI is InChI=1S/C28H38O4/c1-27-15-13-21(31-18-30-3)17-20(27)9-10-22-23-11-12-25(28(23,2)16-14-24(22)27)32-26(29)19-7-5-4-6-8-19/h4-9,21-25H,10-18H2,1-3H3/t21-,22-,23-,24-,25-,27-,28-/m0/s1. The molecule has 0 N–H and O–H groups in total. The van der Waals surface area contributed by atoms with Gasteiger partial charge in [0.15, 0.2) is 0 Å². The van der Waals surface area contributed by atoms with Crippen LogP contribution in [0, 0.1) is 28.6 Å². The van der Waals surface area contributed by atoms with Gasteiger partial charge in [0, 0.05) is 12.5 Å². The Labute approximate surface area is 192 Å². The van der Waals surface area contributed by atoms with Crippen molar-refractivity contribution in [1.82, 2.24) is 0 Å². The van der Waals surface area contributed by atoms with Crippen LogP contribution in [0.25, 0.3) is 0 Å². The zero-order valence-electron chi connectivity index (χ0n) is 19.8. The van der Waals surface area contributed by atoms with Crippen molar-refractivity contribution in [3.05, 3.63) is 47.5 Å². The molecule has 0 unspecified atom stereocenters. The fraction of sp³-hybridized carbons (Fsp3) is 0.679. The van der Waals surface area contributed by atoms with E-state index in [0.29, 0.717) is 35.7 Å². The first-order chi connectivity index (χ1) is 15.5. The number of methoxy groups -OCH3 is 1. The lowest BCUT2D eigenvalue weighted by Crippen LogP contribution is -2.51. The summed E-state index contributed by atoms with van der Waals surface area (Å²) in [6.45, 7) is 5.32. The number of carbonyl (C=O) groups is 1. The second-order valence-corrected chi connectivity index (χ2v) is 11.1. The number of hydrogen-bond donors (Lipinski definition) is 0. The number of allylic oxidation sites excluding steroid dienone is 1. The van der Waals surface area contributed by atoms with E-state index >= 15 is 0 Å². The molecule has 3 saturated carbocycles. The first kappa shape index (κ1) is 22.2. The number of ether oxygens (including phenoxy) is 3. The molecule has 5 rings (SSSR count). The van der Waals surface area contributed by atoms with E-state index in [1.807, 2.05) is 30.3 Å². The number of benzene rings is 1. The molecule has 0 spiro atoms. The Kier molecular flexibility index (Phi) is 5.96. The highest BCUT2D eigenvalue weighted by molar-refractivity contribution is 5.89. The van der Waals surface area contributed by atoms with E-state index in [2.05, 4.69) is 19.9 Å². The van der Waals surface area contributed by atoms with Crippen LogP contribution in [0.2, 0.25) is 0 Å². The Balaban J connectivity index is 1.31. The van der Waals surface area contributed by atoms with E-state index < -0.39 is 0 Å². The molecule has 4 nitrogen and oxygen atoms in total. The molecule has 0 heterocycles. The van der Waals surface area contributed by atoms with Crippen molar-refractivity contribution in [1.29, 1.82) is 0 Å². The molecule has 4 aliphatic carbocycles. The highest BCUT2D eigenvalue weighted by atomic mass is 16.7. The van der Waals surface area contributed by atoms with Crippen LogP contribution < -0.4 is 0 Å². The van der Waals surface area contributed by atoms with E-state index in [1.54, 1.807) is 12.7 Å². The van der Waals surface area contributed by atoms with Gasteiger partial charge in [0.05, 0.1) is 11.7 Å². The third-order valence-electron chi connectivity index (χ3n) is 9.65. The van der Waals surface area contributed by atoms with Gasteiger partial charge in [-0.3, -0.25) is 0 Å². The molecule has 7 atom stereocenters. The number of carbonyl (C=O) groups excluding carboxylic acids is 1. The van der Waals surface area contributed by atoms with Gasteiger partial charge in [0.1, 0.15) is 12.9 Å².